The minimum absolute atomic E-state index is 0.116. The molecule has 2 rings (SSSR count). The second-order valence-electron chi connectivity index (χ2n) is 4.67. The lowest BCUT2D eigenvalue weighted by Gasteiger charge is -2.13. The van der Waals surface area contributed by atoms with E-state index in [2.05, 4.69) is 17.2 Å². The zero-order chi connectivity index (χ0) is 14.2. The van der Waals surface area contributed by atoms with E-state index < -0.39 is 9.84 Å². The van der Waals surface area contributed by atoms with Crippen LogP contribution in [0.2, 0.25) is 0 Å². The van der Waals surface area contributed by atoms with Gasteiger partial charge >= 0.3 is 0 Å². The predicted molar refractivity (Wildman–Crippen MR) is 75.9 cm³/mol. The third-order valence-electron chi connectivity index (χ3n) is 3.38. The maximum Gasteiger partial charge on any atom is 0.177 e. The van der Waals surface area contributed by atoms with Crippen LogP contribution in [0.15, 0.2) is 23.1 Å². The van der Waals surface area contributed by atoms with Gasteiger partial charge in [-0.2, -0.15) is 0 Å². The number of hydrogen-bond donors (Lipinski definition) is 1. The molecule has 2 aromatic rings. The highest BCUT2D eigenvalue weighted by atomic mass is 32.2. The van der Waals surface area contributed by atoms with Gasteiger partial charge in [0.1, 0.15) is 11.3 Å². The van der Waals surface area contributed by atoms with E-state index in [0.29, 0.717) is 5.52 Å². The quantitative estimate of drug-likeness (QED) is 0.925. The van der Waals surface area contributed by atoms with Crippen molar-refractivity contribution in [1.82, 2.24) is 14.9 Å². The van der Waals surface area contributed by atoms with Crippen LogP contribution in [0.4, 0.5) is 0 Å². The molecule has 0 amide bonds. The third-order valence-corrected chi connectivity index (χ3v) is 4.51. The fourth-order valence-corrected chi connectivity index (χ4v) is 3.16. The van der Waals surface area contributed by atoms with E-state index in [9.17, 15) is 8.42 Å². The number of aromatic nitrogens is 2. The highest BCUT2D eigenvalue weighted by molar-refractivity contribution is 7.91. The van der Waals surface area contributed by atoms with Crippen LogP contribution in [0.25, 0.3) is 11.0 Å². The van der Waals surface area contributed by atoms with E-state index in [1.54, 1.807) is 12.1 Å². The number of nitrogens with zero attached hydrogens (tertiary/aromatic N) is 2. The first-order valence-corrected chi connectivity index (χ1v) is 8.12. The van der Waals surface area contributed by atoms with Crippen LogP contribution in [0, 0.1) is 0 Å². The SMILES string of the molecule is CCC(NC)c1nc2c(S(C)(=O)=O)cccc2n1C. The van der Waals surface area contributed by atoms with Crippen molar-refractivity contribution in [2.45, 2.75) is 24.3 Å². The molecule has 6 heteroatoms. The number of hydrogen-bond acceptors (Lipinski definition) is 4. The number of nitrogens with one attached hydrogen (secondary N) is 1. The van der Waals surface area contributed by atoms with Gasteiger partial charge in [0.05, 0.1) is 16.5 Å². The van der Waals surface area contributed by atoms with Crippen molar-refractivity contribution in [3.05, 3.63) is 24.0 Å². The summed E-state index contributed by atoms with van der Waals surface area (Å²) in [6, 6.07) is 5.37. The molecule has 0 fully saturated rings. The summed E-state index contributed by atoms with van der Waals surface area (Å²) in [4.78, 5) is 4.83. The fourth-order valence-electron chi connectivity index (χ4n) is 2.33. The molecular weight excluding hydrogens is 262 g/mol. The first-order chi connectivity index (χ1) is 8.90. The number of para-hydroxylation sites is 1. The molecule has 1 atom stereocenters. The van der Waals surface area contributed by atoms with Crippen LogP contribution in [0.3, 0.4) is 0 Å². The van der Waals surface area contributed by atoms with E-state index in [1.807, 2.05) is 24.7 Å². The molecule has 0 aliphatic carbocycles. The second kappa shape index (κ2) is 4.94. The molecule has 1 unspecified atom stereocenters. The Hall–Kier alpha value is -1.40. The van der Waals surface area contributed by atoms with Gasteiger partial charge in [0, 0.05) is 13.3 Å². The van der Waals surface area contributed by atoms with Crippen LogP contribution in [-0.2, 0) is 16.9 Å². The van der Waals surface area contributed by atoms with E-state index in [1.165, 1.54) is 6.26 Å². The monoisotopic (exact) mass is 281 g/mol. The lowest BCUT2D eigenvalue weighted by Crippen LogP contribution is -2.19. The fraction of sp³-hybridized carbons (Fsp3) is 0.462. The summed E-state index contributed by atoms with van der Waals surface area (Å²) in [6.07, 6.45) is 2.10. The van der Waals surface area contributed by atoms with Crippen molar-refractivity contribution < 1.29 is 8.42 Å². The molecule has 1 aromatic heterocycles. The Kier molecular flexibility index (Phi) is 3.64. The molecule has 0 aliphatic heterocycles. The number of benzene rings is 1. The molecule has 0 saturated heterocycles. The van der Waals surface area contributed by atoms with Gasteiger partial charge in [-0.05, 0) is 25.6 Å². The highest BCUT2D eigenvalue weighted by Crippen LogP contribution is 2.26. The number of fused-ring (bicyclic) bond motifs is 1. The van der Waals surface area contributed by atoms with Crippen LogP contribution in [-0.4, -0.2) is 31.3 Å². The van der Waals surface area contributed by atoms with Crippen molar-refractivity contribution in [2.75, 3.05) is 13.3 Å². The van der Waals surface area contributed by atoms with Gasteiger partial charge in [0.25, 0.3) is 0 Å². The number of aryl methyl sites for hydroxylation is 1. The molecule has 1 N–H and O–H groups in total. The lowest BCUT2D eigenvalue weighted by atomic mass is 10.2. The van der Waals surface area contributed by atoms with Crippen molar-refractivity contribution in [3.8, 4) is 0 Å². The topological polar surface area (TPSA) is 64.0 Å². The average Bonchev–Trinajstić information content (AvgIpc) is 2.68. The van der Waals surface area contributed by atoms with Gasteiger partial charge in [-0.3, -0.25) is 0 Å². The van der Waals surface area contributed by atoms with Gasteiger partial charge < -0.3 is 9.88 Å². The van der Waals surface area contributed by atoms with Gasteiger partial charge in [0.2, 0.25) is 0 Å². The summed E-state index contributed by atoms with van der Waals surface area (Å²) in [5.74, 6) is 0.858. The Morgan fingerprint density at radius 1 is 1.42 bits per heavy atom. The Balaban J connectivity index is 2.77. The Morgan fingerprint density at radius 2 is 2.11 bits per heavy atom. The molecule has 0 bridgehead atoms. The summed E-state index contributed by atoms with van der Waals surface area (Å²) in [7, 11) is 0.525. The normalized spacial score (nSPS) is 13.9. The summed E-state index contributed by atoms with van der Waals surface area (Å²) in [6.45, 7) is 2.07. The first kappa shape index (κ1) is 14.0. The van der Waals surface area contributed by atoms with Crippen molar-refractivity contribution in [1.29, 1.82) is 0 Å². The highest BCUT2D eigenvalue weighted by Gasteiger charge is 2.20. The van der Waals surface area contributed by atoms with E-state index in [-0.39, 0.29) is 10.9 Å². The molecule has 5 nitrogen and oxygen atoms in total. The second-order valence-corrected chi connectivity index (χ2v) is 6.66. The zero-order valence-corrected chi connectivity index (χ0v) is 12.5. The van der Waals surface area contributed by atoms with Crippen LogP contribution in [0.1, 0.15) is 25.2 Å². The minimum Gasteiger partial charge on any atom is -0.330 e. The number of rotatable bonds is 4. The van der Waals surface area contributed by atoms with E-state index in [0.717, 1.165) is 17.8 Å². The van der Waals surface area contributed by atoms with Crippen molar-refractivity contribution >= 4 is 20.9 Å². The van der Waals surface area contributed by atoms with Gasteiger partial charge in [-0.15, -0.1) is 0 Å². The zero-order valence-electron chi connectivity index (χ0n) is 11.6. The summed E-state index contributed by atoms with van der Waals surface area (Å²) >= 11 is 0. The largest absolute Gasteiger partial charge is 0.330 e. The average molecular weight is 281 g/mol. The predicted octanol–water partition coefficient (Wildman–Crippen LogP) is 1.65. The maximum absolute atomic E-state index is 11.8. The van der Waals surface area contributed by atoms with Crippen LogP contribution >= 0.6 is 0 Å². The molecule has 1 aromatic carbocycles. The first-order valence-electron chi connectivity index (χ1n) is 6.22. The Labute approximate surface area is 113 Å². The van der Waals surface area contributed by atoms with E-state index >= 15 is 0 Å². The van der Waals surface area contributed by atoms with Crippen molar-refractivity contribution in [3.63, 3.8) is 0 Å². The smallest absolute Gasteiger partial charge is 0.177 e. The van der Waals surface area contributed by atoms with Crippen LogP contribution < -0.4 is 5.32 Å². The van der Waals surface area contributed by atoms with Gasteiger partial charge in [-0.25, -0.2) is 13.4 Å². The van der Waals surface area contributed by atoms with Crippen LogP contribution in [0.5, 0.6) is 0 Å². The number of imidazole rings is 1. The van der Waals surface area contributed by atoms with E-state index in [4.69, 9.17) is 0 Å². The standard InChI is InChI=1S/C13H19N3O2S/c1-5-9(14-2)13-15-12-10(16(13)3)7-6-8-11(12)19(4,17)18/h6-9,14H,5H2,1-4H3. The van der Waals surface area contributed by atoms with Gasteiger partial charge in [-0.1, -0.05) is 13.0 Å². The molecule has 0 saturated carbocycles. The molecule has 19 heavy (non-hydrogen) atoms. The molecule has 0 radical (unpaired) electrons. The summed E-state index contributed by atoms with van der Waals surface area (Å²) < 4.78 is 25.6. The molecule has 104 valence electrons. The summed E-state index contributed by atoms with van der Waals surface area (Å²) in [5.41, 5.74) is 1.39. The molecule has 0 aliphatic rings. The number of sulfone groups is 1. The molecular formula is C13H19N3O2S. The Bertz CT molecular complexity index is 700. The maximum atomic E-state index is 11.8. The Morgan fingerprint density at radius 3 is 2.63 bits per heavy atom. The minimum atomic E-state index is -3.27. The molecule has 1 heterocycles. The summed E-state index contributed by atoms with van der Waals surface area (Å²) in [5, 5.41) is 3.20. The molecule has 0 spiro atoms. The third kappa shape index (κ3) is 2.37. The van der Waals surface area contributed by atoms with Gasteiger partial charge in [0.15, 0.2) is 9.84 Å². The van der Waals surface area contributed by atoms with Crippen molar-refractivity contribution in [2.24, 2.45) is 7.05 Å². The lowest BCUT2D eigenvalue weighted by molar-refractivity contribution is 0.529.